The van der Waals surface area contributed by atoms with Gasteiger partial charge < -0.3 is 9.88 Å². The van der Waals surface area contributed by atoms with Crippen LogP contribution in [0.2, 0.25) is 5.02 Å². The van der Waals surface area contributed by atoms with Gasteiger partial charge in [0.05, 0.1) is 5.75 Å². The minimum atomic E-state index is -0.113. The summed E-state index contributed by atoms with van der Waals surface area (Å²) in [7, 11) is 0. The van der Waals surface area contributed by atoms with Crippen molar-refractivity contribution in [2.45, 2.75) is 25.5 Å². The number of thioether (sulfide) groups is 1. The molecule has 6 nitrogen and oxygen atoms in total. The quantitative estimate of drug-likeness (QED) is 0.638. The molecular weight excluding hydrogens is 378 g/mol. The number of thiazole rings is 1. The summed E-state index contributed by atoms with van der Waals surface area (Å²) in [4.78, 5) is 17.3. The zero-order valence-corrected chi connectivity index (χ0v) is 16.1. The topological polar surface area (TPSA) is 72.7 Å². The highest BCUT2D eigenvalue weighted by Gasteiger charge is 2.15. The number of amides is 1. The van der Waals surface area contributed by atoms with E-state index < -0.39 is 0 Å². The van der Waals surface area contributed by atoms with Gasteiger partial charge in [-0.1, -0.05) is 23.4 Å². The fraction of sp³-hybridized carbons (Fsp3) is 0.250. The van der Waals surface area contributed by atoms with E-state index in [9.17, 15) is 4.79 Å². The van der Waals surface area contributed by atoms with Gasteiger partial charge in [-0.3, -0.25) is 4.79 Å². The van der Waals surface area contributed by atoms with Gasteiger partial charge >= 0.3 is 0 Å². The second kappa shape index (κ2) is 7.99. The maximum atomic E-state index is 12.1. The zero-order chi connectivity index (χ0) is 17.8. The van der Waals surface area contributed by atoms with E-state index in [0.717, 1.165) is 16.3 Å². The third-order valence-corrected chi connectivity index (χ3v) is 5.38. The normalized spacial score (nSPS) is 10.8. The maximum absolute atomic E-state index is 12.1. The minimum Gasteiger partial charge on any atom is -0.302 e. The molecule has 0 fully saturated rings. The van der Waals surface area contributed by atoms with Gasteiger partial charge in [0.15, 0.2) is 16.1 Å². The summed E-state index contributed by atoms with van der Waals surface area (Å²) in [5, 5.41) is 13.3. The molecule has 0 aliphatic rings. The van der Waals surface area contributed by atoms with Crippen LogP contribution >= 0.6 is 34.7 Å². The lowest BCUT2D eigenvalue weighted by Crippen LogP contribution is -2.14. The lowest BCUT2D eigenvalue weighted by atomic mass is 10.2. The standard InChI is InChI=1S/C16H16ClN5OS2/c1-3-22-14(11-4-6-12(17)7-5-11)20-21-16(22)24-9-13(23)19-15-18-8-10(2)25-15/h4-8H,3,9H2,1-2H3,(H,18,19,23). The summed E-state index contributed by atoms with van der Waals surface area (Å²) >= 11 is 8.74. The van der Waals surface area contributed by atoms with Crippen molar-refractivity contribution in [2.75, 3.05) is 11.1 Å². The first kappa shape index (κ1) is 17.9. The molecule has 0 bridgehead atoms. The van der Waals surface area contributed by atoms with Crippen LogP contribution in [0.4, 0.5) is 5.13 Å². The van der Waals surface area contributed by atoms with Crippen molar-refractivity contribution in [1.29, 1.82) is 0 Å². The average molecular weight is 394 g/mol. The molecule has 3 rings (SSSR count). The third-order valence-electron chi connectivity index (χ3n) is 3.34. The number of aromatic nitrogens is 4. The highest BCUT2D eigenvalue weighted by atomic mass is 35.5. The average Bonchev–Trinajstić information content (AvgIpc) is 3.19. The fourth-order valence-electron chi connectivity index (χ4n) is 2.19. The van der Waals surface area contributed by atoms with Crippen molar-refractivity contribution in [1.82, 2.24) is 19.7 Å². The molecule has 0 saturated heterocycles. The molecule has 0 unspecified atom stereocenters. The van der Waals surface area contributed by atoms with E-state index >= 15 is 0 Å². The summed E-state index contributed by atoms with van der Waals surface area (Å²) in [5.41, 5.74) is 0.938. The molecule has 2 heterocycles. The number of halogens is 1. The van der Waals surface area contributed by atoms with Gasteiger partial charge in [-0.2, -0.15) is 0 Å². The van der Waals surface area contributed by atoms with Gasteiger partial charge in [0.25, 0.3) is 0 Å². The van der Waals surface area contributed by atoms with Gasteiger partial charge in [-0.25, -0.2) is 4.98 Å². The van der Waals surface area contributed by atoms with Crippen LogP contribution < -0.4 is 5.32 Å². The predicted octanol–water partition coefficient (Wildman–Crippen LogP) is 4.11. The summed E-state index contributed by atoms with van der Waals surface area (Å²) in [6.07, 6.45) is 1.74. The molecule has 1 amide bonds. The Hall–Kier alpha value is -1.90. The van der Waals surface area contributed by atoms with Crippen molar-refractivity contribution in [3.05, 3.63) is 40.4 Å². The van der Waals surface area contributed by atoms with E-state index in [2.05, 4.69) is 20.5 Å². The number of nitrogens with one attached hydrogen (secondary N) is 1. The highest BCUT2D eigenvalue weighted by Crippen LogP contribution is 2.25. The number of anilines is 1. The van der Waals surface area contributed by atoms with Gasteiger partial charge in [0.1, 0.15) is 0 Å². The van der Waals surface area contributed by atoms with Crippen molar-refractivity contribution in [3.8, 4) is 11.4 Å². The van der Waals surface area contributed by atoms with Crippen molar-refractivity contribution in [3.63, 3.8) is 0 Å². The predicted molar refractivity (Wildman–Crippen MR) is 102 cm³/mol. The molecule has 0 saturated carbocycles. The Labute approximate surface area is 158 Å². The minimum absolute atomic E-state index is 0.113. The first-order chi connectivity index (χ1) is 12.1. The van der Waals surface area contributed by atoms with Crippen molar-refractivity contribution < 1.29 is 4.79 Å². The van der Waals surface area contributed by atoms with E-state index in [1.54, 1.807) is 6.20 Å². The van der Waals surface area contributed by atoms with E-state index in [4.69, 9.17) is 11.6 Å². The second-order valence-corrected chi connectivity index (χ2v) is 7.78. The van der Waals surface area contributed by atoms with Gasteiger partial charge in [0.2, 0.25) is 5.91 Å². The third kappa shape index (κ3) is 4.39. The van der Waals surface area contributed by atoms with Gasteiger partial charge in [0, 0.05) is 28.2 Å². The van der Waals surface area contributed by atoms with E-state index in [-0.39, 0.29) is 11.7 Å². The number of hydrogen-bond acceptors (Lipinski definition) is 6. The SMILES string of the molecule is CCn1c(SCC(=O)Nc2ncc(C)s2)nnc1-c1ccc(Cl)cc1. The van der Waals surface area contributed by atoms with E-state index in [1.807, 2.05) is 42.7 Å². The molecule has 130 valence electrons. The van der Waals surface area contributed by atoms with Crippen LogP contribution in [-0.2, 0) is 11.3 Å². The zero-order valence-electron chi connectivity index (χ0n) is 13.7. The number of benzene rings is 1. The Balaban J connectivity index is 1.68. The Kier molecular flexibility index (Phi) is 5.72. The Morgan fingerprint density at radius 2 is 2.08 bits per heavy atom. The summed E-state index contributed by atoms with van der Waals surface area (Å²) in [6.45, 7) is 4.68. The Morgan fingerprint density at radius 1 is 1.32 bits per heavy atom. The van der Waals surface area contributed by atoms with Crippen LogP contribution in [0.3, 0.4) is 0 Å². The highest BCUT2D eigenvalue weighted by molar-refractivity contribution is 7.99. The molecule has 0 aliphatic carbocycles. The molecule has 0 aliphatic heterocycles. The van der Waals surface area contributed by atoms with Crippen LogP contribution in [0.5, 0.6) is 0 Å². The molecule has 9 heteroatoms. The molecule has 1 aromatic carbocycles. The monoisotopic (exact) mass is 393 g/mol. The van der Waals surface area contributed by atoms with Gasteiger partial charge in [-0.05, 0) is 38.1 Å². The lowest BCUT2D eigenvalue weighted by Gasteiger charge is -2.07. The van der Waals surface area contributed by atoms with Crippen LogP contribution in [0, 0.1) is 6.92 Å². The van der Waals surface area contributed by atoms with Crippen LogP contribution in [-0.4, -0.2) is 31.4 Å². The summed E-state index contributed by atoms with van der Waals surface area (Å²) < 4.78 is 1.98. The maximum Gasteiger partial charge on any atom is 0.236 e. The number of carbonyl (C=O) groups is 1. The molecule has 0 radical (unpaired) electrons. The van der Waals surface area contributed by atoms with Crippen molar-refractivity contribution in [2.24, 2.45) is 0 Å². The Bertz CT molecular complexity index is 875. The van der Waals surface area contributed by atoms with E-state index in [1.165, 1.54) is 23.1 Å². The Morgan fingerprint density at radius 3 is 2.72 bits per heavy atom. The molecule has 2 aromatic heterocycles. The van der Waals surface area contributed by atoms with Gasteiger partial charge in [-0.15, -0.1) is 21.5 Å². The van der Waals surface area contributed by atoms with Crippen LogP contribution in [0.15, 0.2) is 35.6 Å². The number of nitrogens with zero attached hydrogens (tertiary/aromatic N) is 4. The molecule has 25 heavy (non-hydrogen) atoms. The molecule has 1 N–H and O–H groups in total. The molecule has 0 atom stereocenters. The second-order valence-electron chi connectivity index (χ2n) is 5.17. The summed E-state index contributed by atoms with van der Waals surface area (Å²) in [6, 6.07) is 7.46. The number of hydrogen-bond donors (Lipinski definition) is 1. The number of carbonyl (C=O) groups excluding carboxylic acids is 1. The fourth-order valence-corrected chi connectivity index (χ4v) is 3.80. The first-order valence-electron chi connectivity index (χ1n) is 7.61. The van der Waals surface area contributed by atoms with Crippen LogP contribution in [0.25, 0.3) is 11.4 Å². The lowest BCUT2D eigenvalue weighted by molar-refractivity contribution is -0.113. The molecular formula is C16H16ClN5OS2. The van der Waals surface area contributed by atoms with Crippen molar-refractivity contribution >= 4 is 45.7 Å². The molecule has 0 spiro atoms. The first-order valence-corrected chi connectivity index (χ1v) is 9.79. The molecule has 3 aromatic rings. The summed E-state index contributed by atoms with van der Waals surface area (Å²) in [5.74, 6) is 0.896. The van der Waals surface area contributed by atoms with E-state index in [0.29, 0.717) is 21.9 Å². The number of rotatable bonds is 6. The largest absolute Gasteiger partial charge is 0.302 e. The number of aryl methyl sites for hydroxylation is 1. The smallest absolute Gasteiger partial charge is 0.236 e. The van der Waals surface area contributed by atoms with Crippen LogP contribution in [0.1, 0.15) is 11.8 Å².